The Hall–Kier alpha value is -3.32. The minimum Gasteiger partial charge on any atom is -0.755 e. The number of nitrogens with one attached hydrogen (secondary N) is 3. The molecule has 1 aromatic carbocycles. The second kappa shape index (κ2) is 11.0. The molecule has 0 fully saturated rings. The third kappa shape index (κ3) is 6.63. The first kappa shape index (κ1) is 24.8. The zero-order valence-electron chi connectivity index (χ0n) is 18.6. The topological polar surface area (TPSA) is 87.7 Å². The first-order valence-electron chi connectivity index (χ1n) is 10.7. The molecule has 181 valence electrons. The largest absolute Gasteiger partial charge is 0.755 e. The Balaban J connectivity index is 1.35. The number of pyridine rings is 2. The fourth-order valence-corrected chi connectivity index (χ4v) is 3.77. The number of halogens is 4. The lowest BCUT2D eigenvalue weighted by Gasteiger charge is -2.15. The third-order valence-corrected chi connectivity index (χ3v) is 5.78. The van der Waals surface area contributed by atoms with Gasteiger partial charge >= 0.3 is 6.18 Å². The smallest absolute Gasteiger partial charge is 0.416 e. The number of hydrogen-bond acceptors (Lipinski definition) is 7. The van der Waals surface area contributed by atoms with Crippen LogP contribution in [-0.4, -0.2) is 19.9 Å². The van der Waals surface area contributed by atoms with Gasteiger partial charge in [-0.05, 0) is 48.4 Å². The van der Waals surface area contributed by atoms with Gasteiger partial charge in [0.05, 0.1) is 35.4 Å². The van der Waals surface area contributed by atoms with E-state index in [9.17, 15) is 13.2 Å². The summed E-state index contributed by atoms with van der Waals surface area (Å²) in [5, 5.41) is 2.94. The Kier molecular flexibility index (Phi) is 7.76. The van der Waals surface area contributed by atoms with Crippen LogP contribution in [0.1, 0.15) is 23.7 Å². The first-order valence-corrected chi connectivity index (χ1v) is 11.7. The number of aryl methyl sites for hydroxylation is 1. The van der Waals surface area contributed by atoms with Crippen molar-refractivity contribution in [1.29, 1.82) is 0 Å². The Morgan fingerprint density at radius 2 is 1.80 bits per heavy atom. The summed E-state index contributed by atoms with van der Waals surface area (Å²) in [6.45, 7) is 2.45. The normalized spacial score (nSPS) is 11.3. The van der Waals surface area contributed by atoms with E-state index in [-0.39, 0.29) is 0 Å². The number of benzene rings is 1. The monoisotopic (exact) mass is 591 g/mol. The van der Waals surface area contributed by atoms with E-state index in [0.29, 0.717) is 23.9 Å². The SMILES string of the molecule is CCc1cncc(-c2nc(NNCc3ccc(Nc4cccc(C(F)(F)F)c4)cn3)ncc2[I-])c1. The average Bonchev–Trinajstić information content (AvgIpc) is 2.86. The van der Waals surface area contributed by atoms with Gasteiger partial charge in [-0.25, -0.2) is 15.4 Å². The summed E-state index contributed by atoms with van der Waals surface area (Å²) in [5.74, 6) is 0.408. The number of hydrogen-bond donors (Lipinski definition) is 3. The lowest BCUT2D eigenvalue weighted by atomic mass is 10.1. The number of hydrazine groups is 1. The molecule has 0 amide bonds. The summed E-state index contributed by atoms with van der Waals surface area (Å²) in [6, 6.07) is 10.6. The van der Waals surface area contributed by atoms with Gasteiger partial charge in [0, 0.05) is 29.8 Å². The first-order chi connectivity index (χ1) is 16.8. The summed E-state index contributed by atoms with van der Waals surface area (Å²) in [5.41, 5.74) is 9.76. The van der Waals surface area contributed by atoms with Crippen LogP contribution in [0.4, 0.5) is 30.5 Å². The van der Waals surface area contributed by atoms with E-state index >= 15 is 0 Å². The van der Waals surface area contributed by atoms with Gasteiger partial charge in [0.25, 0.3) is 0 Å². The van der Waals surface area contributed by atoms with E-state index in [1.807, 2.05) is 6.20 Å². The maximum absolute atomic E-state index is 12.9. The maximum Gasteiger partial charge on any atom is 0.416 e. The molecular formula is C24H21F3IN7-. The molecule has 0 bridgehead atoms. The van der Waals surface area contributed by atoms with Crippen LogP contribution in [0.15, 0.2) is 67.3 Å². The highest BCUT2D eigenvalue weighted by atomic mass is 127. The van der Waals surface area contributed by atoms with E-state index in [1.54, 1.807) is 36.8 Å². The summed E-state index contributed by atoms with van der Waals surface area (Å²) in [6.07, 6.45) is 3.40. The highest BCUT2D eigenvalue weighted by Crippen LogP contribution is 2.31. The predicted molar refractivity (Wildman–Crippen MR) is 123 cm³/mol. The van der Waals surface area contributed by atoms with Gasteiger partial charge in [0.15, 0.2) is 0 Å². The zero-order valence-corrected chi connectivity index (χ0v) is 20.7. The minimum atomic E-state index is -4.39. The van der Waals surface area contributed by atoms with Gasteiger partial charge < -0.3 is 27.9 Å². The van der Waals surface area contributed by atoms with Crippen molar-refractivity contribution in [2.45, 2.75) is 26.1 Å². The van der Waals surface area contributed by atoms with Gasteiger partial charge in [0.2, 0.25) is 5.95 Å². The average molecular weight is 591 g/mol. The van der Waals surface area contributed by atoms with Gasteiger partial charge in [-0.1, -0.05) is 13.0 Å². The number of alkyl halides is 3. The van der Waals surface area contributed by atoms with Gasteiger partial charge in [-0.2, -0.15) is 13.2 Å². The molecule has 1 radical (unpaired) electrons. The van der Waals surface area contributed by atoms with E-state index in [0.717, 1.165) is 44.6 Å². The molecule has 0 spiro atoms. The third-order valence-electron chi connectivity index (χ3n) is 4.99. The van der Waals surface area contributed by atoms with Crippen molar-refractivity contribution >= 4 is 17.3 Å². The van der Waals surface area contributed by atoms with E-state index in [1.165, 1.54) is 6.07 Å². The molecule has 4 rings (SSSR count). The fraction of sp³-hybridized carbons (Fsp3) is 0.167. The van der Waals surface area contributed by atoms with Crippen LogP contribution >= 0.6 is 0 Å². The molecule has 0 atom stereocenters. The molecule has 3 N–H and O–H groups in total. The molecule has 3 aromatic heterocycles. The number of anilines is 3. The van der Waals surface area contributed by atoms with Crippen LogP contribution in [-0.2, 0) is 19.1 Å². The van der Waals surface area contributed by atoms with Gasteiger partial charge in [-0.3, -0.25) is 15.4 Å². The van der Waals surface area contributed by atoms with Crippen LogP contribution in [0, 0.1) is 3.57 Å². The number of aromatic nitrogens is 4. The quantitative estimate of drug-likeness (QED) is 0.214. The second-order valence-corrected chi connectivity index (χ2v) is 8.71. The lowest BCUT2D eigenvalue weighted by Crippen LogP contribution is -3.34. The van der Waals surface area contributed by atoms with Crippen LogP contribution in [0.25, 0.3) is 11.3 Å². The second-order valence-electron chi connectivity index (χ2n) is 7.55. The zero-order chi connectivity index (χ0) is 24.8. The van der Waals surface area contributed by atoms with Gasteiger partial charge in [-0.15, -0.1) is 3.57 Å². The molecule has 0 saturated heterocycles. The van der Waals surface area contributed by atoms with Crippen molar-refractivity contribution in [3.8, 4) is 11.3 Å². The number of nitrogens with zero attached hydrogens (tertiary/aromatic N) is 4. The van der Waals surface area contributed by atoms with Crippen molar-refractivity contribution in [3.05, 3.63) is 87.6 Å². The molecule has 0 aliphatic rings. The molecular weight excluding hydrogens is 570 g/mol. The summed E-state index contributed by atoms with van der Waals surface area (Å²) in [4.78, 5) is 17.5. The van der Waals surface area contributed by atoms with Crippen LogP contribution < -0.4 is 38.8 Å². The molecule has 3 heterocycles. The molecule has 0 unspecified atom stereocenters. The lowest BCUT2D eigenvalue weighted by molar-refractivity contribution is -0.327. The van der Waals surface area contributed by atoms with E-state index in [4.69, 9.17) is 0 Å². The van der Waals surface area contributed by atoms with Crippen LogP contribution in [0.5, 0.6) is 0 Å². The summed E-state index contributed by atoms with van der Waals surface area (Å²) < 4.78 is 39.6. The van der Waals surface area contributed by atoms with Crippen molar-refractivity contribution in [1.82, 2.24) is 25.4 Å². The Morgan fingerprint density at radius 1 is 0.943 bits per heavy atom. The molecule has 4 aromatic rings. The fourth-order valence-electron chi connectivity index (χ4n) is 3.20. The maximum atomic E-state index is 12.9. The predicted octanol–water partition coefficient (Wildman–Crippen LogP) is 2.10. The molecule has 11 heteroatoms. The van der Waals surface area contributed by atoms with Crippen molar-refractivity contribution in [2.75, 3.05) is 10.7 Å². The Morgan fingerprint density at radius 3 is 2.54 bits per heavy atom. The molecule has 0 aliphatic carbocycles. The standard InChI is InChI=1S/C24H21F3IN7/c1-2-15-8-16(11-29-10-15)22-21(28)14-31-23(34-22)35-32-13-19-6-7-20(12-30-19)33-18-5-3-4-17(9-18)24(25,26)27/h3-12,14,32-33H,2,13H2,1H3,(H,31,34,35)/q-1. The molecule has 35 heavy (non-hydrogen) atoms. The Labute approximate surface area is 213 Å². The Bertz CT molecular complexity index is 1300. The number of rotatable bonds is 8. The molecule has 0 aliphatic heterocycles. The highest BCUT2D eigenvalue weighted by Gasteiger charge is 2.30. The van der Waals surface area contributed by atoms with E-state index < -0.39 is 11.7 Å². The van der Waals surface area contributed by atoms with Crippen LogP contribution in [0.2, 0.25) is 0 Å². The van der Waals surface area contributed by atoms with E-state index in [2.05, 4.69) is 71.7 Å². The molecule has 7 nitrogen and oxygen atoms in total. The summed E-state index contributed by atoms with van der Waals surface area (Å²) in [7, 11) is 0. The minimum absolute atomic E-state index is 0.334. The van der Waals surface area contributed by atoms with Crippen molar-refractivity contribution in [2.24, 2.45) is 0 Å². The summed E-state index contributed by atoms with van der Waals surface area (Å²) >= 11 is 2.20. The van der Waals surface area contributed by atoms with Crippen molar-refractivity contribution in [3.63, 3.8) is 0 Å². The highest BCUT2D eigenvalue weighted by molar-refractivity contribution is 5.60. The van der Waals surface area contributed by atoms with Gasteiger partial charge in [0.1, 0.15) is 0 Å². The van der Waals surface area contributed by atoms with Crippen LogP contribution in [0.3, 0.4) is 0 Å². The molecule has 0 saturated carbocycles. The van der Waals surface area contributed by atoms with Crippen molar-refractivity contribution < 1.29 is 35.8 Å².